The van der Waals surface area contributed by atoms with Gasteiger partial charge in [0.15, 0.2) is 0 Å². The van der Waals surface area contributed by atoms with Gasteiger partial charge in [-0.15, -0.1) is 5.10 Å². The summed E-state index contributed by atoms with van der Waals surface area (Å²) in [5, 5.41) is 7.78. The van der Waals surface area contributed by atoms with E-state index in [0.29, 0.717) is 27.3 Å². The number of hydrogen-bond donors (Lipinski definition) is 1. The van der Waals surface area contributed by atoms with Crippen LogP contribution in [0.4, 0.5) is 5.82 Å². The molecule has 27 heavy (non-hydrogen) atoms. The van der Waals surface area contributed by atoms with Crippen molar-refractivity contribution >= 4 is 34.8 Å². The molecule has 0 amide bonds. The van der Waals surface area contributed by atoms with E-state index in [1.807, 2.05) is 55.4 Å². The smallest absolute Gasteiger partial charge is 0.349 e. The highest BCUT2D eigenvalue weighted by atomic mass is 35.5. The Hall–Kier alpha value is -2.83. The Morgan fingerprint density at radius 2 is 1.48 bits per heavy atom. The van der Waals surface area contributed by atoms with Crippen molar-refractivity contribution < 1.29 is 0 Å². The van der Waals surface area contributed by atoms with Crippen LogP contribution in [0.1, 0.15) is 0 Å². The van der Waals surface area contributed by atoms with Gasteiger partial charge in [0.1, 0.15) is 5.82 Å². The molecule has 0 fully saturated rings. The predicted molar refractivity (Wildman–Crippen MR) is 109 cm³/mol. The zero-order chi connectivity index (χ0) is 19.1. The summed E-state index contributed by atoms with van der Waals surface area (Å²) in [5.41, 5.74) is 2.83. The molecule has 0 aliphatic heterocycles. The Balaban J connectivity index is 2.18. The zero-order valence-electron chi connectivity index (χ0n) is 14.6. The van der Waals surface area contributed by atoms with Crippen LogP contribution in [0.3, 0.4) is 0 Å². The second-order valence-electron chi connectivity index (χ2n) is 6.23. The van der Waals surface area contributed by atoms with E-state index in [0.717, 1.165) is 16.7 Å². The minimum Gasteiger partial charge on any atom is -0.362 e. The van der Waals surface area contributed by atoms with Crippen molar-refractivity contribution in [1.82, 2.24) is 19.6 Å². The summed E-state index contributed by atoms with van der Waals surface area (Å²) in [4.78, 5) is 19.0. The van der Waals surface area contributed by atoms with E-state index >= 15 is 0 Å². The van der Waals surface area contributed by atoms with Gasteiger partial charge >= 0.3 is 5.69 Å². The largest absolute Gasteiger partial charge is 0.362 e. The summed E-state index contributed by atoms with van der Waals surface area (Å²) in [6, 6.07) is 14.7. The number of hydrogen-bond acceptors (Lipinski definition) is 4. The quantitative estimate of drug-likeness (QED) is 0.562. The number of fused-ring (bicyclic) bond motifs is 1. The first-order valence-corrected chi connectivity index (χ1v) is 8.91. The van der Waals surface area contributed by atoms with Gasteiger partial charge in [0.25, 0.3) is 5.78 Å². The maximum absolute atomic E-state index is 12.5. The van der Waals surface area contributed by atoms with Crippen LogP contribution in [0.5, 0.6) is 0 Å². The second kappa shape index (κ2) is 6.72. The van der Waals surface area contributed by atoms with E-state index in [2.05, 4.69) is 15.2 Å². The summed E-state index contributed by atoms with van der Waals surface area (Å²) < 4.78 is 1.47. The van der Waals surface area contributed by atoms with E-state index in [4.69, 9.17) is 23.2 Å². The van der Waals surface area contributed by atoms with E-state index in [9.17, 15) is 4.79 Å². The highest BCUT2D eigenvalue weighted by molar-refractivity contribution is 6.31. The van der Waals surface area contributed by atoms with Crippen LogP contribution in [0, 0.1) is 0 Å². The molecule has 8 heteroatoms. The minimum absolute atomic E-state index is 0.298. The molecule has 4 rings (SSSR count). The molecule has 2 aromatic heterocycles. The molecule has 0 aliphatic rings. The Kier molecular flexibility index (Phi) is 4.37. The summed E-state index contributed by atoms with van der Waals surface area (Å²) in [5.74, 6) is 0.986. The maximum Gasteiger partial charge on any atom is 0.349 e. The first-order valence-electron chi connectivity index (χ1n) is 8.16. The summed E-state index contributed by atoms with van der Waals surface area (Å²) >= 11 is 12.1. The molecule has 0 atom stereocenters. The van der Waals surface area contributed by atoms with Gasteiger partial charge in [-0.05, 0) is 35.4 Å². The normalized spacial score (nSPS) is 11.1. The fraction of sp³-hybridized carbons (Fsp3) is 0.105. The highest BCUT2D eigenvalue weighted by Crippen LogP contribution is 2.38. The average Bonchev–Trinajstić information content (AvgIpc) is 3.02. The summed E-state index contributed by atoms with van der Waals surface area (Å²) in [7, 11) is 3.79. The van der Waals surface area contributed by atoms with Crippen molar-refractivity contribution in [3.05, 3.63) is 69.1 Å². The molecule has 0 bridgehead atoms. The molecule has 0 radical (unpaired) electrons. The van der Waals surface area contributed by atoms with Crippen LogP contribution < -0.4 is 10.6 Å². The Labute approximate surface area is 165 Å². The van der Waals surface area contributed by atoms with Crippen molar-refractivity contribution in [3.63, 3.8) is 0 Å². The molecule has 4 aromatic rings. The first-order chi connectivity index (χ1) is 13.0. The van der Waals surface area contributed by atoms with Crippen molar-refractivity contribution in [2.75, 3.05) is 19.0 Å². The number of nitrogens with zero attached hydrogens (tertiary/aromatic N) is 4. The molecule has 0 aliphatic carbocycles. The summed E-state index contributed by atoms with van der Waals surface area (Å²) in [6.07, 6.45) is 0. The molecule has 0 saturated carbocycles. The van der Waals surface area contributed by atoms with Gasteiger partial charge in [0.05, 0.1) is 5.69 Å². The van der Waals surface area contributed by atoms with Crippen molar-refractivity contribution in [1.29, 1.82) is 0 Å². The molecule has 6 nitrogen and oxygen atoms in total. The lowest BCUT2D eigenvalue weighted by atomic mass is 9.99. The number of H-pyrrole nitrogens is 1. The van der Waals surface area contributed by atoms with E-state index in [1.54, 1.807) is 12.1 Å². The third kappa shape index (κ3) is 3.07. The Morgan fingerprint density at radius 1 is 0.926 bits per heavy atom. The molecular weight excluding hydrogens is 385 g/mol. The van der Waals surface area contributed by atoms with Crippen LogP contribution in [-0.2, 0) is 0 Å². The molecule has 136 valence electrons. The van der Waals surface area contributed by atoms with E-state index < -0.39 is 0 Å². The zero-order valence-corrected chi connectivity index (χ0v) is 16.1. The van der Waals surface area contributed by atoms with E-state index in [-0.39, 0.29) is 5.69 Å². The number of rotatable bonds is 3. The second-order valence-corrected chi connectivity index (χ2v) is 7.10. The van der Waals surface area contributed by atoms with Crippen LogP contribution in [0.2, 0.25) is 10.0 Å². The number of benzene rings is 2. The Bertz CT molecular complexity index is 1180. The predicted octanol–water partition coefficient (Wildman–Crippen LogP) is 4.12. The van der Waals surface area contributed by atoms with Crippen molar-refractivity contribution in [2.24, 2.45) is 0 Å². The lowest BCUT2D eigenvalue weighted by molar-refractivity contribution is 1.01. The fourth-order valence-electron chi connectivity index (χ4n) is 3.02. The van der Waals surface area contributed by atoms with Gasteiger partial charge in [-0.2, -0.15) is 4.98 Å². The number of anilines is 1. The third-order valence-electron chi connectivity index (χ3n) is 4.22. The first kappa shape index (κ1) is 17.6. The molecule has 2 aromatic carbocycles. The van der Waals surface area contributed by atoms with Crippen LogP contribution in [0.15, 0.2) is 53.3 Å². The topological polar surface area (TPSA) is 66.3 Å². The van der Waals surface area contributed by atoms with E-state index in [1.165, 1.54) is 4.40 Å². The van der Waals surface area contributed by atoms with Gasteiger partial charge in [-0.3, -0.25) is 0 Å². The van der Waals surface area contributed by atoms with Gasteiger partial charge in [-0.25, -0.2) is 14.3 Å². The monoisotopic (exact) mass is 399 g/mol. The highest BCUT2D eigenvalue weighted by Gasteiger charge is 2.22. The molecule has 0 spiro atoms. The average molecular weight is 400 g/mol. The van der Waals surface area contributed by atoms with Crippen LogP contribution in [0.25, 0.3) is 28.2 Å². The van der Waals surface area contributed by atoms with Crippen LogP contribution in [-0.4, -0.2) is 33.7 Å². The molecule has 1 N–H and O–H groups in total. The fourth-order valence-corrected chi connectivity index (χ4v) is 3.27. The van der Waals surface area contributed by atoms with Crippen molar-refractivity contribution in [3.8, 4) is 22.4 Å². The molecule has 0 saturated heterocycles. The maximum atomic E-state index is 12.5. The number of aromatic amines is 1. The number of nitrogens with one attached hydrogen (secondary N) is 1. The third-order valence-corrected chi connectivity index (χ3v) is 4.72. The molecule has 2 heterocycles. The van der Waals surface area contributed by atoms with Gasteiger partial charge in [-0.1, -0.05) is 47.5 Å². The van der Waals surface area contributed by atoms with Gasteiger partial charge in [0, 0.05) is 29.7 Å². The summed E-state index contributed by atoms with van der Waals surface area (Å²) in [6.45, 7) is 0. The van der Waals surface area contributed by atoms with Gasteiger partial charge in [0.2, 0.25) is 0 Å². The molecular formula is C19H15Cl2N5O. The van der Waals surface area contributed by atoms with Crippen molar-refractivity contribution in [2.45, 2.75) is 0 Å². The lowest BCUT2D eigenvalue weighted by Gasteiger charge is -2.20. The number of halogens is 2. The molecule has 0 unspecified atom stereocenters. The number of aromatic nitrogens is 4. The lowest BCUT2D eigenvalue weighted by Crippen LogP contribution is -2.18. The minimum atomic E-state index is -0.358. The SMILES string of the molecule is CN(C)c1nc2n[nH]c(=O)n2c(-c2ccc(Cl)cc2)c1-c1ccc(Cl)cc1. The Morgan fingerprint density at radius 3 is 2.04 bits per heavy atom. The van der Waals surface area contributed by atoms with Gasteiger partial charge < -0.3 is 4.90 Å². The van der Waals surface area contributed by atoms with Crippen LogP contribution >= 0.6 is 23.2 Å². The standard InChI is InChI=1S/C19H15Cl2N5O/c1-25(2)17-15(11-3-7-13(20)8-4-11)16(12-5-9-14(21)10-6-12)26-18(22-17)23-24-19(26)27/h3-10H,1-2H3,(H,24,27).